The van der Waals surface area contributed by atoms with Gasteiger partial charge in [0.2, 0.25) is 0 Å². The number of carbonyl (C=O) groups excluding carboxylic acids is 1. The number of carbonyl (C=O) groups is 1. The Labute approximate surface area is 114 Å². The van der Waals surface area contributed by atoms with Gasteiger partial charge in [0.05, 0.1) is 11.4 Å². The van der Waals surface area contributed by atoms with Crippen LogP contribution in [-0.2, 0) is 11.3 Å². The maximum atomic E-state index is 12.2. The van der Waals surface area contributed by atoms with Crippen LogP contribution in [0.2, 0.25) is 0 Å². The van der Waals surface area contributed by atoms with Crippen molar-refractivity contribution < 1.29 is 9.53 Å². The predicted molar refractivity (Wildman–Crippen MR) is 73.9 cm³/mol. The highest BCUT2D eigenvalue weighted by Gasteiger charge is 2.26. The number of nitrogen functional groups attached to an aromatic ring is 1. The molecular weight excluding hydrogens is 242 g/mol. The third kappa shape index (κ3) is 2.91. The van der Waals surface area contributed by atoms with E-state index >= 15 is 0 Å². The number of nitrogens with two attached hydrogens (primary N) is 1. The van der Waals surface area contributed by atoms with Crippen LogP contribution in [0.5, 0.6) is 0 Å². The summed E-state index contributed by atoms with van der Waals surface area (Å²) < 4.78 is 7.21. The molecule has 5 nitrogen and oxygen atoms in total. The number of anilines is 1. The fourth-order valence-electron chi connectivity index (χ4n) is 2.59. The summed E-state index contributed by atoms with van der Waals surface area (Å²) in [4.78, 5) is 12.2. The average Bonchev–Trinajstić information content (AvgIpc) is 2.68. The van der Waals surface area contributed by atoms with Crippen LogP contribution < -0.4 is 5.73 Å². The minimum Gasteiger partial charge on any atom is -0.458 e. The van der Waals surface area contributed by atoms with Crippen molar-refractivity contribution in [2.24, 2.45) is 5.92 Å². The van der Waals surface area contributed by atoms with E-state index < -0.39 is 0 Å². The molecule has 1 aromatic heterocycles. The maximum Gasteiger partial charge on any atom is 0.359 e. The number of nitrogens with zero attached hydrogens (tertiary/aromatic N) is 2. The summed E-state index contributed by atoms with van der Waals surface area (Å²) in [5.74, 6) is 0.405. The molecule has 0 amide bonds. The molecule has 0 radical (unpaired) electrons. The molecular formula is C14H23N3O2. The summed E-state index contributed by atoms with van der Waals surface area (Å²) in [7, 11) is 0. The molecule has 0 spiro atoms. The molecule has 1 saturated carbocycles. The molecule has 0 unspecified atom stereocenters. The van der Waals surface area contributed by atoms with E-state index in [2.05, 4.69) is 12.0 Å². The molecule has 1 aliphatic rings. The number of esters is 1. The Bertz CT molecular complexity index is 460. The molecule has 1 heterocycles. The zero-order chi connectivity index (χ0) is 14.0. The number of ether oxygens (including phenoxy) is 1. The minimum atomic E-state index is -0.334. The van der Waals surface area contributed by atoms with Crippen molar-refractivity contribution in [1.29, 1.82) is 0 Å². The van der Waals surface area contributed by atoms with Crippen LogP contribution in [0.4, 0.5) is 5.69 Å². The molecule has 5 heteroatoms. The second-order valence-electron chi connectivity index (χ2n) is 5.45. The van der Waals surface area contributed by atoms with Crippen LogP contribution in [0.3, 0.4) is 0 Å². The van der Waals surface area contributed by atoms with E-state index in [1.807, 2.05) is 6.92 Å². The van der Waals surface area contributed by atoms with E-state index in [1.165, 1.54) is 0 Å². The lowest BCUT2D eigenvalue weighted by Gasteiger charge is -2.26. The van der Waals surface area contributed by atoms with Gasteiger partial charge in [-0.1, -0.05) is 6.92 Å². The molecule has 0 aliphatic heterocycles. The Kier molecular flexibility index (Phi) is 4.12. The van der Waals surface area contributed by atoms with E-state index in [0.29, 0.717) is 23.6 Å². The molecule has 2 N–H and O–H groups in total. The maximum absolute atomic E-state index is 12.2. The lowest BCUT2D eigenvalue weighted by Crippen LogP contribution is -2.25. The first-order valence-electron chi connectivity index (χ1n) is 7.06. The monoisotopic (exact) mass is 265 g/mol. The highest BCUT2D eigenvalue weighted by atomic mass is 16.5. The van der Waals surface area contributed by atoms with E-state index in [-0.39, 0.29) is 12.1 Å². The van der Waals surface area contributed by atoms with Crippen molar-refractivity contribution in [1.82, 2.24) is 9.78 Å². The normalized spacial score (nSPS) is 23.3. The van der Waals surface area contributed by atoms with Gasteiger partial charge in [-0.15, -0.1) is 0 Å². The first-order chi connectivity index (χ1) is 9.02. The standard InChI is InChI=1S/C14H23N3O2/c1-4-17-13(12(15)10(3)16-17)14(18)19-11-7-5-9(2)6-8-11/h9,11H,4-8,15H2,1-3H3. The second kappa shape index (κ2) is 5.63. The van der Waals surface area contributed by atoms with Gasteiger partial charge in [-0.3, -0.25) is 4.68 Å². The smallest absolute Gasteiger partial charge is 0.359 e. The summed E-state index contributed by atoms with van der Waals surface area (Å²) >= 11 is 0. The molecule has 19 heavy (non-hydrogen) atoms. The predicted octanol–water partition coefficient (Wildman–Crippen LogP) is 2.53. The van der Waals surface area contributed by atoms with Crippen molar-refractivity contribution in [3.8, 4) is 0 Å². The third-order valence-electron chi connectivity index (χ3n) is 3.90. The van der Waals surface area contributed by atoms with Crippen molar-refractivity contribution >= 4 is 11.7 Å². The van der Waals surface area contributed by atoms with Gasteiger partial charge in [0.25, 0.3) is 0 Å². The molecule has 0 saturated heterocycles. The Morgan fingerprint density at radius 3 is 2.63 bits per heavy atom. The number of aromatic nitrogens is 2. The summed E-state index contributed by atoms with van der Waals surface area (Å²) in [6.45, 7) is 6.60. The second-order valence-corrected chi connectivity index (χ2v) is 5.45. The third-order valence-corrected chi connectivity index (χ3v) is 3.90. The lowest BCUT2D eigenvalue weighted by molar-refractivity contribution is 0.0162. The van der Waals surface area contributed by atoms with E-state index in [4.69, 9.17) is 10.5 Å². The highest BCUT2D eigenvalue weighted by molar-refractivity contribution is 5.93. The van der Waals surface area contributed by atoms with Crippen LogP contribution in [0.15, 0.2) is 0 Å². The van der Waals surface area contributed by atoms with Crippen LogP contribution in [0.1, 0.15) is 55.7 Å². The number of hydrogen-bond donors (Lipinski definition) is 1. The summed E-state index contributed by atoms with van der Waals surface area (Å²) in [5.41, 5.74) is 7.45. The highest BCUT2D eigenvalue weighted by Crippen LogP contribution is 2.27. The van der Waals surface area contributed by atoms with E-state index in [1.54, 1.807) is 11.6 Å². The largest absolute Gasteiger partial charge is 0.458 e. The lowest BCUT2D eigenvalue weighted by atomic mass is 9.89. The number of aryl methyl sites for hydroxylation is 2. The number of hydrogen-bond acceptors (Lipinski definition) is 4. The van der Waals surface area contributed by atoms with Gasteiger partial charge >= 0.3 is 5.97 Å². The van der Waals surface area contributed by atoms with Crippen LogP contribution >= 0.6 is 0 Å². The molecule has 1 aromatic rings. The van der Waals surface area contributed by atoms with Gasteiger partial charge in [-0.05, 0) is 45.4 Å². The Hall–Kier alpha value is -1.52. The van der Waals surface area contributed by atoms with Crippen molar-refractivity contribution in [3.63, 3.8) is 0 Å². The zero-order valence-electron chi connectivity index (χ0n) is 12.0. The van der Waals surface area contributed by atoms with Crippen molar-refractivity contribution in [2.45, 2.75) is 59.1 Å². The average molecular weight is 265 g/mol. The Balaban J connectivity index is 2.08. The van der Waals surface area contributed by atoms with Crippen LogP contribution in [0, 0.1) is 12.8 Å². The Morgan fingerprint density at radius 2 is 2.05 bits per heavy atom. The molecule has 1 aliphatic carbocycles. The van der Waals surface area contributed by atoms with Gasteiger partial charge in [-0.25, -0.2) is 4.79 Å². The van der Waals surface area contributed by atoms with Crippen molar-refractivity contribution in [2.75, 3.05) is 5.73 Å². The van der Waals surface area contributed by atoms with E-state index in [0.717, 1.165) is 31.6 Å². The molecule has 106 valence electrons. The SMILES string of the molecule is CCn1nc(C)c(N)c1C(=O)OC1CCC(C)CC1. The summed E-state index contributed by atoms with van der Waals surface area (Å²) in [5, 5.41) is 4.25. The first kappa shape index (κ1) is 13.9. The van der Waals surface area contributed by atoms with Crippen molar-refractivity contribution in [3.05, 3.63) is 11.4 Å². The topological polar surface area (TPSA) is 70.1 Å². The summed E-state index contributed by atoms with van der Waals surface area (Å²) in [6, 6.07) is 0. The zero-order valence-corrected chi connectivity index (χ0v) is 12.0. The molecule has 0 atom stereocenters. The van der Waals surface area contributed by atoms with Crippen LogP contribution in [0.25, 0.3) is 0 Å². The summed E-state index contributed by atoms with van der Waals surface area (Å²) in [6.07, 6.45) is 4.18. The van der Waals surface area contributed by atoms with Gasteiger partial charge in [0.15, 0.2) is 5.69 Å². The fraction of sp³-hybridized carbons (Fsp3) is 0.714. The Morgan fingerprint density at radius 1 is 1.42 bits per heavy atom. The first-order valence-corrected chi connectivity index (χ1v) is 7.06. The van der Waals surface area contributed by atoms with Gasteiger partial charge in [0.1, 0.15) is 6.10 Å². The molecule has 2 rings (SSSR count). The molecule has 1 fully saturated rings. The van der Waals surface area contributed by atoms with Gasteiger partial charge < -0.3 is 10.5 Å². The molecule has 0 bridgehead atoms. The van der Waals surface area contributed by atoms with Gasteiger partial charge in [-0.2, -0.15) is 5.10 Å². The molecule has 0 aromatic carbocycles. The van der Waals surface area contributed by atoms with E-state index in [9.17, 15) is 4.79 Å². The van der Waals surface area contributed by atoms with Crippen LogP contribution in [-0.4, -0.2) is 21.9 Å². The quantitative estimate of drug-likeness (QED) is 0.853. The van der Waals surface area contributed by atoms with Gasteiger partial charge in [0, 0.05) is 6.54 Å². The fourth-order valence-corrected chi connectivity index (χ4v) is 2.59. The number of rotatable bonds is 3. The minimum absolute atomic E-state index is 0.0311.